The molecule has 1 rings (SSSR count). The van der Waals surface area contributed by atoms with Crippen molar-refractivity contribution in [1.29, 1.82) is 0 Å². The summed E-state index contributed by atoms with van der Waals surface area (Å²) in [6.07, 6.45) is 2.17. The molecule has 0 bridgehead atoms. The van der Waals surface area contributed by atoms with Gasteiger partial charge in [0.2, 0.25) is 0 Å². The van der Waals surface area contributed by atoms with Crippen LogP contribution in [0.3, 0.4) is 0 Å². The summed E-state index contributed by atoms with van der Waals surface area (Å²) in [5.74, 6) is 0.623. The second kappa shape index (κ2) is 10.1. The van der Waals surface area contributed by atoms with E-state index in [2.05, 4.69) is 37.9 Å². The number of methoxy groups -OCH3 is 1. The van der Waals surface area contributed by atoms with Gasteiger partial charge in [0.25, 0.3) is 0 Å². The Balaban J connectivity index is 2.81. The van der Waals surface area contributed by atoms with Crippen molar-refractivity contribution in [3.05, 3.63) is 10.6 Å². The van der Waals surface area contributed by atoms with Crippen molar-refractivity contribution >= 4 is 16.5 Å². The van der Waals surface area contributed by atoms with Gasteiger partial charge in [-0.3, -0.25) is 0 Å². The van der Waals surface area contributed by atoms with E-state index in [1.54, 1.807) is 7.11 Å². The minimum atomic E-state index is 0.623. The van der Waals surface area contributed by atoms with Crippen LogP contribution in [0.5, 0.6) is 0 Å². The number of aryl methyl sites for hydroxylation is 1. The third-order valence-electron chi connectivity index (χ3n) is 3.24. The standard InChI is InChI=1S/C16H31N3OS/c1-6-8-17-11-15-14(7-2)18-16(21-15)19(9-10-20-5)12-13(3)4/h13,17H,6-12H2,1-5H3. The molecule has 0 aliphatic heterocycles. The smallest absolute Gasteiger partial charge is 0.185 e. The Morgan fingerprint density at radius 1 is 1.33 bits per heavy atom. The second-order valence-corrected chi connectivity index (χ2v) is 6.79. The average Bonchev–Trinajstić information content (AvgIpc) is 2.86. The molecular weight excluding hydrogens is 282 g/mol. The monoisotopic (exact) mass is 313 g/mol. The average molecular weight is 314 g/mol. The quantitative estimate of drug-likeness (QED) is 0.636. The van der Waals surface area contributed by atoms with Gasteiger partial charge in [0, 0.05) is 31.6 Å². The fourth-order valence-electron chi connectivity index (χ4n) is 2.21. The van der Waals surface area contributed by atoms with Crippen LogP contribution < -0.4 is 10.2 Å². The van der Waals surface area contributed by atoms with Crippen LogP contribution in [0, 0.1) is 5.92 Å². The lowest BCUT2D eigenvalue weighted by atomic mass is 10.2. The largest absolute Gasteiger partial charge is 0.383 e. The van der Waals surface area contributed by atoms with Gasteiger partial charge in [0.1, 0.15) is 0 Å². The second-order valence-electron chi connectivity index (χ2n) is 5.73. The Morgan fingerprint density at radius 3 is 2.67 bits per heavy atom. The number of hydrogen-bond donors (Lipinski definition) is 1. The topological polar surface area (TPSA) is 37.4 Å². The molecule has 1 N–H and O–H groups in total. The molecule has 4 nitrogen and oxygen atoms in total. The number of ether oxygens (including phenoxy) is 1. The number of anilines is 1. The van der Waals surface area contributed by atoms with E-state index in [1.807, 2.05) is 11.3 Å². The Bertz CT molecular complexity index is 393. The lowest BCUT2D eigenvalue weighted by Gasteiger charge is -2.23. The van der Waals surface area contributed by atoms with E-state index in [1.165, 1.54) is 17.0 Å². The van der Waals surface area contributed by atoms with Crippen LogP contribution in [-0.2, 0) is 17.7 Å². The fourth-order valence-corrected chi connectivity index (χ4v) is 3.36. The highest BCUT2D eigenvalue weighted by Crippen LogP contribution is 2.27. The first kappa shape index (κ1) is 18.4. The summed E-state index contributed by atoms with van der Waals surface area (Å²) in [5, 5.41) is 4.63. The molecule has 0 aliphatic rings. The Morgan fingerprint density at radius 2 is 2.10 bits per heavy atom. The highest BCUT2D eigenvalue weighted by Gasteiger charge is 2.16. The maximum Gasteiger partial charge on any atom is 0.185 e. The molecule has 0 saturated heterocycles. The molecule has 21 heavy (non-hydrogen) atoms. The molecule has 0 atom stereocenters. The minimum Gasteiger partial charge on any atom is -0.383 e. The first-order valence-electron chi connectivity index (χ1n) is 8.05. The number of hydrogen-bond acceptors (Lipinski definition) is 5. The van der Waals surface area contributed by atoms with Crippen LogP contribution in [0.15, 0.2) is 0 Å². The lowest BCUT2D eigenvalue weighted by Crippen LogP contribution is -2.30. The summed E-state index contributed by atoms with van der Waals surface area (Å²) in [7, 11) is 1.76. The zero-order valence-electron chi connectivity index (χ0n) is 14.2. The maximum absolute atomic E-state index is 5.24. The van der Waals surface area contributed by atoms with E-state index in [0.29, 0.717) is 5.92 Å². The number of nitrogens with zero attached hydrogens (tertiary/aromatic N) is 2. The van der Waals surface area contributed by atoms with Crippen molar-refractivity contribution in [2.45, 2.75) is 47.1 Å². The summed E-state index contributed by atoms with van der Waals surface area (Å²) in [6, 6.07) is 0. The van der Waals surface area contributed by atoms with Crippen molar-refractivity contribution < 1.29 is 4.74 Å². The molecule has 0 saturated carbocycles. The van der Waals surface area contributed by atoms with Crippen LogP contribution in [0.2, 0.25) is 0 Å². The van der Waals surface area contributed by atoms with Crippen LogP contribution >= 0.6 is 11.3 Å². The van der Waals surface area contributed by atoms with E-state index in [0.717, 1.165) is 44.3 Å². The molecule has 5 heteroatoms. The predicted molar refractivity (Wildman–Crippen MR) is 92.4 cm³/mol. The Labute approximate surface area is 133 Å². The van der Waals surface area contributed by atoms with Gasteiger partial charge in [0.05, 0.1) is 12.3 Å². The van der Waals surface area contributed by atoms with Crippen LogP contribution in [0.1, 0.15) is 44.7 Å². The van der Waals surface area contributed by atoms with Crippen molar-refractivity contribution in [1.82, 2.24) is 10.3 Å². The third-order valence-corrected chi connectivity index (χ3v) is 4.39. The summed E-state index contributed by atoms with van der Waals surface area (Å²) in [5.41, 5.74) is 1.24. The van der Waals surface area contributed by atoms with Gasteiger partial charge in [-0.25, -0.2) is 4.98 Å². The van der Waals surface area contributed by atoms with E-state index in [-0.39, 0.29) is 0 Å². The van der Waals surface area contributed by atoms with Crippen LogP contribution in [0.4, 0.5) is 5.13 Å². The molecule has 0 radical (unpaired) electrons. The van der Waals surface area contributed by atoms with Gasteiger partial charge >= 0.3 is 0 Å². The molecule has 0 fully saturated rings. The molecule has 0 aliphatic carbocycles. The molecule has 1 aromatic rings. The highest BCUT2D eigenvalue weighted by atomic mass is 32.1. The number of aromatic nitrogens is 1. The summed E-state index contributed by atoms with van der Waals surface area (Å²) in [6.45, 7) is 13.6. The lowest BCUT2D eigenvalue weighted by molar-refractivity contribution is 0.204. The van der Waals surface area contributed by atoms with E-state index >= 15 is 0 Å². The maximum atomic E-state index is 5.24. The van der Waals surface area contributed by atoms with E-state index in [4.69, 9.17) is 9.72 Å². The zero-order chi connectivity index (χ0) is 15.7. The molecule has 0 aromatic carbocycles. The summed E-state index contributed by atoms with van der Waals surface area (Å²) < 4.78 is 5.24. The van der Waals surface area contributed by atoms with Gasteiger partial charge in [-0.2, -0.15) is 0 Å². The van der Waals surface area contributed by atoms with Gasteiger partial charge in [-0.1, -0.05) is 27.7 Å². The molecule has 1 aromatic heterocycles. The third kappa shape index (κ3) is 6.32. The van der Waals surface area contributed by atoms with Gasteiger partial charge in [0.15, 0.2) is 5.13 Å². The first-order chi connectivity index (χ1) is 10.1. The summed E-state index contributed by atoms with van der Waals surface area (Å²) in [4.78, 5) is 8.61. The number of thiazole rings is 1. The van der Waals surface area contributed by atoms with Gasteiger partial charge in [-0.15, -0.1) is 11.3 Å². The molecular formula is C16H31N3OS. The zero-order valence-corrected chi connectivity index (χ0v) is 15.1. The van der Waals surface area contributed by atoms with E-state index in [9.17, 15) is 0 Å². The van der Waals surface area contributed by atoms with E-state index < -0.39 is 0 Å². The molecule has 122 valence electrons. The van der Waals surface area contributed by atoms with Crippen molar-refractivity contribution in [3.63, 3.8) is 0 Å². The minimum absolute atomic E-state index is 0.623. The fraction of sp³-hybridized carbons (Fsp3) is 0.812. The van der Waals surface area contributed by atoms with Crippen molar-refractivity contribution in [3.8, 4) is 0 Å². The number of rotatable bonds is 11. The molecule has 1 heterocycles. The number of nitrogens with one attached hydrogen (secondary N) is 1. The predicted octanol–water partition coefficient (Wildman–Crippen LogP) is 3.31. The Kier molecular flexibility index (Phi) is 8.88. The molecule has 0 amide bonds. The SMILES string of the molecule is CCCNCc1sc(N(CCOC)CC(C)C)nc1CC. The molecule has 0 unspecified atom stereocenters. The normalized spacial score (nSPS) is 11.3. The first-order valence-corrected chi connectivity index (χ1v) is 8.87. The van der Waals surface area contributed by atoms with Crippen LogP contribution in [0.25, 0.3) is 0 Å². The van der Waals surface area contributed by atoms with Crippen LogP contribution in [-0.4, -0.2) is 38.3 Å². The molecule has 0 spiro atoms. The highest BCUT2D eigenvalue weighted by molar-refractivity contribution is 7.15. The van der Waals surface area contributed by atoms with Crippen molar-refractivity contribution in [2.75, 3.05) is 38.3 Å². The van der Waals surface area contributed by atoms with Gasteiger partial charge < -0.3 is 15.0 Å². The van der Waals surface area contributed by atoms with Gasteiger partial charge in [-0.05, 0) is 25.3 Å². The summed E-state index contributed by atoms with van der Waals surface area (Å²) >= 11 is 1.83. The Hall–Kier alpha value is -0.650. The van der Waals surface area contributed by atoms with Crippen molar-refractivity contribution in [2.24, 2.45) is 5.92 Å².